The van der Waals surface area contributed by atoms with Crippen LogP contribution in [-0.2, 0) is 36.0 Å². The minimum atomic E-state index is -1.06. The summed E-state index contributed by atoms with van der Waals surface area (Å²) in [6.07, 6.45) is 4.28. The zero-order chi connectivity index (χ0) is 49.6. The summed E-state index contributed by atoms with van der Waals surface area (Å²) < 4.78 is 8.24. The van der Waals surface area contributed by atoms with E-state index < -0.39 is 40.8 Å². The topological polar surface area (TPSA) is 167 Å². The monoisotopic (exact) mass is 1120 g/mol. The number of aromatic nitrogens is 2. The predicted molar refractivity (Wildman–Crippen MR) is 278 cm³/mol. The van der Waals surface area contributed by atoms with Gasteiger partial charge in [-0.25, -0.2) is 14.3 Å². The van der Waals surface area contributed by atoms with Crippen LogP contribution in [0.4, 0.5) is 5.13 Å². The predicted octanol–water partition coefficient (Wildman–Crippen LogP) is 6.00. The first-order valence-electron chi connectivity index (χ1n) is 23.1. The number of carbonyl (C=O) groups excluding carboxylic acids is 3. The number of pyridine rings is 1. The van der Waals surface area contributed by atoms with Crippen molar-refractivity contribution in [2.75, 3.05) is 17.7 Å². The third kappa shape index (κ3) is 10.3. The molecule has 6 aromatic carbocycles. The van der Waals surface area contributed by atoms with Crippen molar-refractivity contribution in [3.63, 3.8) is 0 Å². The van der Waals surface area contributed by atoms with E-state index in [1.807, 2.05) is 120 Å². The second-order valence-corrected chi connectivity index (χ2v) is 19.0. The van der Waals surface area contributed by atoms with Crippen molar-refractivity contribution in [1.29, 1.82) is 0 Å². The van der Waals surface area contributed by atoms with Crippen LogP contribution in [0.3, 0.4) is 0 Å². The minimum absolute atomic E-state index is 0. The van der Waals surface area contributed by atoms with Gasteiger partial charge in [-0.05, 0) is 45.3 Å². The van der Waals surface area contributed by atoms with Gasteiger partial charge >= 0.3 is 5.97 Å². The van der Waals surface area contributed by atoms with Crippen LogP contribution in [0.1, 0.15) is 39.6 Å². The number of thioether (sulfide) groups is 1. The number of esters is 1. The SMILES string of the molecule is C=CCON=C(C(=O)NC1C(=O)N2C(C(=O)OC(c3ccccc3)c3ccccc3)=C(C[n+]3ccc4cc(O)c(O)cc4c3)CS[C@H]12)c1csc(NC(c2ccccc2)(c2ccccc2)c2ccccc2)n1.[I-]. The first kappa shape index (κ1) is 50.2. The molecular formula is C57H47IN6O7S2. The van der Waals surface area contributed by atoms with Gasteiger partial charge in [-0.3, -0.25) is 14.5 Å². The fraction of sp³-hybridized carbons (Fsp3) is 0.123. The molecule has 1 unspecified atom stereocenters. The van der Waals surface area contributed by atoms with Crippen molar-refractivity contribution in [1.82, 2.24) is 15.2 Å². The summed E-state index contributed by atoms with van der Waals surface area (Å²) >= 11 is 2.69. The molecule has 4 heterocycles. The molecule has 1 saturated heterocycles. The van der Waals surface area contributed by atoms with E-state index in [4.69, 9.17) is 14.6 Å². The molecule has 2 aliphatic rings. The standard InChI is InChI=1S/C57H46N6O7S2.HI/c1-2-30-69-61-48(45-36-72-56(58-45)60-57(42-22-12-5-13-23-42,43-24-14-6-15-25-43)44-26-16-7-17-27-44)52(66)59-49-53(67)63-50(55(68)70-51(37-18-8-3-9-19-37)38-20-10-4-11-21-38)41(35-71-54(49)63)34-62-29-28-39-31-46(64)47(65)32-40(39)33-62;/h2-29,31-33,36,49,51,54H,1,30,34-35H2,(H3,58,59,60,65,66);1H/t49?,54-;/m1./s1. The van der Waals surface area contributed by atoms with E-state index in [0.29, 0.717) is 27.2 Å². The Bertz CT molecular complexity index is 3210. The highest BCUT2D eigenvalue weighted by molar-refractivity contribution is 8.00. The van der Waals surface area contributed by atoms with E-state index in [1.165, 1.54) is 46.2 Å². The van der Waals surface area contributed by atoms with Gasteiger partial charge < -0.3 is 54.4 Å². The molecule has 0 spiro atoms. The number of carbonyl (C=O) groups is 3. The molecule has 73 heavy (non-hydrogen) atoms. The number of phenolic OH excluding ortho intramolecular Hbond substituents is 2. The maximum atomic E-state index is 14.8. The van der Waals surface area contributed by atoms with Gasteiger partial charge in [0.25, 0.3) is 11.8 Å². The van der Waals surface area contributed by atoms with Crippen LogP contribution in [-0.4, -0.2) is 67.4 Å². The van der Waals surface area contributed by atoms with Crippen LogP contribution in [0.5, 0.6) is 11.5 Å². The Morgan fingerprint density at radius 1 is 0.822 bits per heavy atom. The van der Waals surface area contributed by atoms with Gasteiger partial charge in [0.05, 0.1) is 0 Å². The summed E-state index contributed by atoms with van der Waals surface area (Å²) in [6.45, 7) is 3.91. The molecule has 2 aliphatic heterocycles. The number of hydrogen-bond acceptors (Lipinski definition) is 12. The second kappa shape index (κ2) is 22.3. The molecule has 0 saturated carbocycles. The molecular weight excluding hydrogens is 1070 g/mol. The maximum absolute atomic E-state index is 14.8. The average molecular weight is 1120 g/mol. The number of anilines is 1. The highest BCUT2D eigenvalue weighted by atomic mass is 127. The van der Waals surface area contributed by atoms with Crippen molar-refractivity contribution >= 4 is 62.5 Å². The Morgan fingerprint density at radius 2 is 1.37 bits per heavy atom. The molecule has 366 valence electrons. The minimum Gasteiger partial charge on any atom is -1.00 e. The van der Waals surface area contributed by atoms with Crippen LogP contribution in [0.15, 0.2) is 217 Å². The smallest absolute Gasteiger partial charge is 0.356 e. The van der Waals surface area contributed by atoms with Crippen LogP contribution in [0, 0.1) is 0 Å². The Labute approximate surface area is 446 Å². The molecule has 0 aliphatic carbocycles. The lowest BCUT2D eigenvalue weighted by Gasteiger charge is -2.49. The van der Waals surface area contributed by atoms with Crippen LogP contribution in [0.2, 0.25) is 0 Å². The molecule has 16 heteroatoms. The number of oxime groups is 1. The maximum Gasteiger partial charge on any atom is 0.356 e. The number of rotatable bonds is 17. The van der Waals surface area contributed by atoms with E-state index in [1.54, 1.807) is 23.8 Å². The zero-order valence-corrected chi connectivity index (χ0v) is 42.7. The van der Waals surface area contributed by atoms with E-state index in [-0.39, 0.29) is 65.7 Å². The fourth-order valence-electron chi connectivity index (χ4n) is 9.07. The molecule has 4 N–H and O–H groups in total. The van der Waals surface area contributed by atoms with Gasteiger partial charge in [-0.2, -0.15) is 0 Å². The zero-order valence-electron chi connectivity index (χ0n) is 39.0. The quantitative estimate of drug-likeness (QED) is 0.00813. The normalized spacial score (nSPS) is 15.4. The van der Waals surface area contributed by atoms with Crippen molar-refractivity contribution < 1.29 is 62.7 Å². The van der Waals surface area contributed by atoms with Crippen LogP contribution < -0.4 is 39.2 Å². The van der Waals surface area contributed by atoms with Gasteiger partial charge in [0.15, 0.2) is 47.4 Å². The average Bonchev–Trinajstić information content (AvgIpc) is 3.89. The second-order valence-electron chi connectivity index (χ2n) is 17.0. The number of nitrogens with zero attached hydrogens (tertiary/aromatic N) is 4. The molecule has 10 rings (SSSR count). The lowest BCUT2D eigenvalue weighted by Crippen LogP contribution is -3.00. The lowest BCUT2D eigenvalue weighted by molar-refractivity contribution is -0.687. The van der Waals surface area contributed by atoms with E-state index in [2.05, 4.69) is 58.8 Å². The highest BCUT2D eigenvalue weighted by Gasteiger charge is 2.55. The molecule has 0 radical (unpaired) electrons. The van der Waals surface area contributed by atoms with Crippen molar-refractivity contribution in [3.8, 4) is 11.5 Å². The molecule has 8 aromatic rings. The number of halogens is 1. The molecule has 13 nitrogen and oxygen atoms in total. The number of thiazole rings is 1. The van der Waals surface area contributed by atoms with Gasteiger partial charge in [-0.1, -0.05) is 169 Å². The summed E-state index contributed by atoms with van der Waals surface area (Å²) in [6, 6.07) is 52.6. The number of amides is 2. The first-order valence-corrected chi connectivity index (χ1v) is 25.0. The number of aromatic hydroxyl groups is 2. The number of ether oxygens (including phenoxy) is 1. The molecule has 0 bridgehead atoms. The number of fused-ring (bicyclic) bond motifs is 2. The summed E-state index contributed by atoms with van der Waals surface area (Å²) in [5, 5.41) is 34.1. The summed E-state index contributed by atoms with van der Waals surface area (Å²) in [7, 11) is 0. The number of nitrogens with one attached hydrogen (secondary N) is 2. The Hall–Kier alpha value is -7.80. The van der Waals surface area contributed by atoms with Crippen LogP contribution >= 0.6 is 23.1 Å². The van der Waals surface area contributed by atoms with Crippen molar-refractivity contribution in [3.05, 3.63) is 245 Å². The van der Waals surface area contributed by atoms with E-state index >= 15 is 0 Å². The van der Waals surface area contributed by atoms with Gasteiger partial charge in [0, 0.05) is 28.2 Å². The third-order valence-corrected chi connectivity index (χ3v) is 14.6. The van der Waals surface area contributed by atoms with Gasteiger partial charge in [-0.15, -0.1) is 23.1 Å². The largest absolute Gasteiger partial charge is 1.00 e. The highest BCUT2D eigenvalue weighted by Crippen LogP contribution is 2.43. The summed E-state index contributed by atoms with van der Waals surface area (Å²) in [5.74, 6) is -2.14. The molecule has 2 aromatic heterocycles. The number of hydrogen-bond donors (Lipinski definition) is 4. The molecule has 2 amide bonds. The summed E-state index contributed by atoms with van der Waals surface area (Å²) in [4.78, 5) is 55.8. The van der Waals surface area contributed by atoms with E-state index in [9.17, 15) is 24.6 Å². The molecule has 1 fully saturated rings. The molecule has 2 atom stereocenters. The fourth-order valence-corrected chi connectivity index (χ4v) is 11.2. The summed E-state index contributed by atoms with van der Waals surface area (Å²) in [5.41, 5.74) is 4.21. The Balaban J connectivity index is 0.00000656. The van der Waals surface area contributed by atoms with Gasteiger partial charge in [0.2, 0.25) is 0 Å². The van der Waals surface area contributed by atoms with E-state index in [0.717, 1.165) is 27.8 Å². The van der Waals surface area contributed by atoms with Gasteiger partial charge in [0.1, 0.15) is 35.0 Å². The lowest BCUT2D eigenvalue weighted by atomic mass is 9.77. The van der Waals surface area contributed by atoms with Crippen molar-refractivity contribution in [2.24, 2.45) is 5.16 Å². The number of phenols is 2. The Morgan fingerprint density at radius 3 is 1.93 bits per heavy atom. The first-order chi connectivity index (χ1) is 35.2. The Kier molecular flexibility index (Phi) is 15.3. The third-order valence-electron chi connectivity index (χ3n) is 12.5. The number of β-lactam (4-membered cyclic amide) rings is 1. The van der Waals surface area contributed by atoms with Crippen molar-refractivity contribution in [2.45, 2.75) is 29.6 Å². The number of benzene rings is 6. The van der Waals surface area contributed by atoms with Crippen LogP contribution in [0.25, 0.3) is 10.8 Å².